The van der Waals surface area contributed by atoms with E-state index in [1.165, 1.54) is 18.3 Å². The number of carboxylic acids is 1. The molecule has 1 heterocycles. The molecule has 0 aliphatic carbocycles. The van der Waals surface area contributed by atoms with Gasteiger partial charge in [-0.1, -0.05) is 30.3 Å². The summed E-state index contributed by atoms with van der Waals surface area (Å²) < 4.78 is 0. The number of benzene rings is 1. The summed E-state index contributed by atoms with van der Waals surface area (Å²) >= 11 is 0. The monoisotopic (exact) mass is 241 g/mol. The van der Waals surface area contributed by atoms with Crippen molar-refractivity contribution in [1.82, 2.24) is 4.98 Å². The standard InChI is InChI=1S/C14H11NO3/c16-13(10-4-2-1-3-5-10)9-12-8-11(14(17)18)6-7-15-12/h1-8H,9H2,(H,17,18). The van der Waals surface area contributed by atoms with Crippen LogP contribution in [0.3, 0.4) is 0 Å². The maximum absolute atomic E-state index is 11.9. The normalized spacial score (nSPS) is 10.0. The summed E-state index contributed by atoms with van der Waals surface area (Å²) in [5.41, 5.74) is 1.20. The van der Waals surface area contributed by atoms with Crippen LogP contribution in [-0.4, -0.2) is 21.8 Å². The Bertz CT molecular complexity index is 579. The summed E-state index contributed by atoms with van der Waals surface area (Å²) in [5, 5.41) is 8.85. The second-order valence-electron chi connectivity index (χ2n) is 3.81. The van der Waals surface area contributed by atoms with Crippen molar-refractivity contribution in [2.24, 2.45) is 0 Å². The lowest BCUT2D eigenvalue weighted by Crippen LogP contribution is -2.06. The van der Waals surface area contributed by atoms with Crippen LogP contribution in [0.4, 0.5) is 0 Å². The molecular weight excluding hydrogens is 230 g/mol. The number of aromatic nitrogens is 1. The highest BCUT2D eigenvalue weighted by Crippen LogP contribution is 2.07. The summed E-state index contributed by atoms with van der Waals surface area (Å²) in [6, 6.07) is 11.7. The van der Waals surface area contributed by atoms with Crippen molar-refractivity contribution < 1.29 is 14.7 Å². The van der Waals surface area contributed by atoms with Crippen LogP contribution in [0, 0.1) is 0 Å². The smallest absolute Gasteiger partial charge is 0.335 e. The summed E-state index contributed by atoms with van der Waals surface area (Å²) in [6.45, 7) is 0. The summed E-state index contributed by atoms with van der Waals surface area (Å²) in [6.07, 6.45) is 1.50. The van der Waals surface area contributed by atoms with Crippen molar-refractivity contribution in [1.29, 1.82) is 0 Å². The molecule has 0 bridgehead atoms. The Hall–Kier alpha value is -2.49. The number of hydrogen-bond acceptors (Lipinski definition) is 3. The number of Topliss-reactive ketones (excluding diaryl/α,β-unsaturated/α-hetero) is 1. The zero-order valence-electron chi connectivity index (χ0n) is 9.54. The molecule has 2 aromatic rings. The predicted octanol–water partition coefficient (Wildman–Crippen LogP) is 2.21. The zero-order chi connectivity index (χ0) is 13.0. The summed E-state index contributed by atoms with van der Waals surface area (Å²) in [4.78, 5) is 26.7. The minimum absolute atomic E-state index is 0.0781. The minimum Gasteiger partial charge on any atom is -0.478 e. The van der Waals surface area contributed by atoms with Crippen LogP contribution in [-0.2, 0) is 6.42 Å². The Kier molecular flexibility index (Phi) is 3.48. The molecule has 0 aliphatic rings. The molecule has 4 nitrogen and oxygen atoms in total. The van der Waals surface area contributed by atoms with E-state index in [9.17, 15) is 9.59 Å². The van der Waals surface area contributed by atoms with E-state index in [-0.39, 0.29) is 17.8 Å². The molecular formula is C14H11NO3. The van der Waals surface area contributed by atoms with Crippen LogP contribution >= 0.6 is 0 Å². The first-order valence-corrected chi connectivity index (χ1v) is 5.43. The van der Waals surface area contributed by atoms with Gasteiger partial charge in [-0.3, -0.25) is 9.78 Å². The van der Waals surface area contributed by atoms with E-state index in [1.54, 1.807) is 24.3 Å². The van der Waals surface area contributed by atoms with Gasteiger partial charge < -0.3 is 5.11 Å². The molecule has 1 aromatic heterocycles. The van der Waals surface area contributed by atoms with Crippen LogP contribution < -0.4 is 0 Å². The molecule has 0 radical (unpaired) electrons. The maximum atomic E-state index is 11.9. The van der Waals surface area contributed by atoms with Gasteiger partial charge in [-0.15, -0.1) is 0 Å². The molecule has 0 saturated heterocycles. The fourth-order valence-electron chi connectivity index (χ4n) is 1.60. The van der Waals surface area contributed by atoms with Crippen molar-refractivity contribution in [3.63, 3.8) is 0 Å². The van der Waals surface area contributed by atoms with Gasteiger partial charge in [-0.05, 0) is 12.1 Å². The van der Waals surface area contributed by atoms with E-state index in [1.807, 2.05) is 6.07 Å². The van der Waals surface area contributed by atoms with Crippen LogP contribution in [0.25, 0.3) is 0 Å². The third kappa shape index (κ3) is 2.79. The molecule has 0 fully saturated rings. The van der Waals surface area contributed by atoms with E-state index in [0.29, 0.717) is 11.3 Å². The van der Waals surface area contributed by atoms with E-state index in [0.717, 1.165) is 0 Å². The van der Waals surface area contributed by atoms with Gasteiger partial charge in [0.15, 0.2) is 5.78 Å². The second kappa shape index (κ2) is 5.23. The minimum atomic E-state index is -1.02. The highest BCUT2D eigenvalue weighted by Gasteiger charge is 2.09. The van der Waals surface area contributed by atoms with Gasteiger partial charge in [0, 0.05) is 17.5 Å². The Morgan fingerprint density at radius 2 is 1.78 bits per heavy atom. The van der Waals surface area contributed by atoms with Gasteiger partial charge in [-0.25, -0.2) is 4.79 Å². The highest BCUT2D eigenvalue weighted by atomic mass is 16.4. The number of carboxylic acid groups (broad SMARTS) is 1. The van der Waals surface area contributed by atoms with Crippen molar-refractivity contribution in [3.8, 4) is 0 Å². The number of aromatic carboxylic acids is 1. The molecule has 1 N–H and O–H groups in total. The zero-order valence-corrected chi connectivity index (χ0v) is 9.54. The molecule has 0 unspecified atom stereocenters. The third-order valence-corrected chi connectivity index (χ3v) is 2.50. The lowest BCUT2D eigenvalue weighted by Gasteiger charge is -2.01. The predicted molar refractivity (Wildman–Crippen MR) is 65.7 cm³/mol. The van der Waals surface area contributed by atoms with Crippen LogP contribution in [0.2, 0.25) is 0 Å². The molecule has 0 spiro atoms. The summed E-state index contributed by atoms with van der Waals surface area (Å²) in [7, 11) is 0. The molecule has 2 rings (SSSR count). The van der Waals surface area contributed by atoms with Gasteiger partial charge in [0.2, 0.25) is 0 Å². The fraction of sp³-hybridized carbons (Fsp3) is 0.0714. The topological polar surface area (TPSA) is 67.3 Å². The van der Waals surface area contributed by atoms with E-state index in [2.05, 4.69) is 4.98 Å². The Balaban J connectivity index is 2.17. The largest absolute Gasteiger partial charge is 0.478 e. The first-order valence-electron chi connectivity index (χ1n) is 5.43. The fourth-order valence-corrected chi connectivity index (χ4v) is 1.60. The first kappa shape index (κ1) is 12.0. The first-order chi connectivity index (χ1) is 8.66. The Morgan fingerprint density at radius 3 is 2.44 bits per heavy atom. The number of rotatable bonds is 4. The molecule has 18 heavy (non-hydrogen) atoms. The lowest BCUT2D eigenvalue weighted by atomic mass is 10.1. The highest BCUT2D eigenvalue weighted by molar-refractivity contribution is 5.97. The van der Waals surface area contributed by atoms with Crippen LogP contribution in [0.15, 0.2) is 48.7 Å². The molecule has 0 aliphatic heterocycles. The number of hydrogen-bond donors (Lipinski definition) is 1. The summed E-state index contributed by atoms with van der Waals surface area (Å²) in [5.74, 6) is -1.10. The van der Waals surface area contributed by atoms with Gasteiger partial charge in [0.25, 0.3) is 0 Å². The van der Waals surface area contributed by atoms with Gasteiger partial charge in [0.1, 0.15) is 0 Å². The third-order valence-electron chi connectivity index (χ3n) is 2.50. The number of pyridine rings is 1. The Morgan fingerprint density at radius 1 is 1.06 bits per heavy atom. The van der Waals surface area contributed by atoms with Crippen molar-refractivity contribution >= 4 is 11.8 Å². The van der Waals surface area contributed by atoms with Gasteiger partial charge in [-0.2, -0.15) is 0 Å². The molecule has 0 atom stereocenters. The quantitative estimate of drug-likeness (QED) is 0.833. The lowest BCUT2D eigenvalue weighted by molar-refractivity contribution is 0.0696. The van der Waals surface area contributed by atoms with Gasteiger partial charge >= 0.3 is 5.97 Å². The number of carbonyl (C=O) groups is 2. The van der Waals surface area contributed by atoms with Crippen LogP contribution in [0.5, 0.6) is 0 Å². The van der Waals surface area contributed by atoms with E-state index in [4.69, 9.17) is 5.11 Å². The molecule has 1 aromatic carbocycles. The van der Waals surface area contributed by atoms with E-state index < -0.39 is 5.97 Å². The average Bonchev–Trinajstić information content (AvgIpc) is 2.40. The second-order valence-corrected chi connectivity index (χ2v) is 3.81. The SMILES string of the molecule is O=C(O)c1ccnc(CC(=O)c2ccccc2)c1. The molecule has 90 valence electrons. The van der Waals surface area contributed by atoms with Crippen LogP contribution in [0.1, 0.15) is 26.4 Å². The van der Waals surface area contributed by atoms with E-state index >= 15 is 0 Å². The van der Waals surface area contributed by atoms with Crippen molar-refractivity contribution in [2.75, 3.05) is 0 Å². The van der Waals surface area contributed by atoms with Gasteiger partial charge in [0.05, 0.1) is 12.0 Å². The maximum Gasteiger partial charge on any atom is 0.335 e. The molecule has 0 saturated carbocycles. The number of nitrogens with zero attached hydrogens (tertiary/aromatic N) is 1. The number of ketones is 1. The molecule has 4 heteroatoms. The molecule has 0 amide bonds. The Labute approximate surface area is 104 Å². The average molecular weight is 241 g/mol. The number of carbonyl (C=O) groups excluding carboxylic acids is 1. The van der Waals surface area contributed by atoms with Crippen molar-refractivity contribution in [2.45, 2.75) is 6.42 Å². The van der Waals surface area contributed by atoms with Crippen molar-refractivity contribution in [3.05, 3.63) is 65.5 Å².